The number of rotatable bonds is 2. The zero-order valence-electron chi connectivity index (χ0n) is 12.2. The van der Waals surface area contributed by atoms with Crippen molar-refractivity contribution in [3.05, 3.63) is 35.4 Å². The molecule has 2 aromatic heterocycles. The Morgan fingerprint density at radius 2 is 2.29 bits per heavy atom. The van der Waals surface area contributed by atoms with Crippen molar-refractivity contribution in [2.24, 2.45) is 7.05 Å². The quantitative estimate of drug-likeness (QED) is 0.821. The lowest BCUT2D eigenvalue weighted by Gasteiger charge is -2.32. The molecule has 2 aromatic rings. The van der Waals surface area contributed by atoms with E-state index in [9.17, 15) is 4.79 Å². The third-order valence-corrected chi connectivity index (χ3v) is 4.00. The summed E-state index contributed by atoms with van der Waals surface area (Å²) < 4.78 is 1.69. The molecule has 1 unspecified atom stereocenters. The monoisotopic (exact) mass is 286 g/mol. The van der Waals surface area contributed by atoms with E-state index in [1.165, 1.54) is 0 Å². The molecule has 0 aliphatic carbocycles. The molecule has 3 heterocycles. The first-order valence-corrected chi connectivity index (χ1v) is 7.09. The van der Waals surface area contributed by atoms with Gasteiger partial charge in [0.05, 0.1) is 5.56 Å². The summed E-state index contributed by atoms with van der Waals surface area (Å²) in [4.78, 5) is 18.6. The number of carbonyl (C=O) groups excluding carboxylic acids is 1. The fourth-order valence-electron chi connectivity index (χ4n) is 2.81. The molecule has 1 atom stereocenters. The molecule has 3 rings (SSSR count). The number of aromatic nitrogens is 5. The third kappa shape index (κ3) is 2.63. The van der Waals surface area contributed by atoms with Crippen molar-refractivity contribution in [2.75, 3.05) is 13.1 Å². The minimum absolute atomic E-state index is 0.0421. The molecular weight excluding hydrogens is 268 g/mol. The second-order valence-corrected chi connectivity index (χ2v) is 5.44. The highest BCUT2D eigenvalue weighted by molar-refractivity contribution is 5.95. The zero-order chi connectivity index (χ0) is 14.8. The van der Waals surface area contributed by atoms with Gasteiger partial charge in [0.15, 0.2) is 5.82 Å². The highest BCUT2D eigenvalue weighted by atomic mass is 16.2. The van der Waals surface area contributed by atoms with Crippen molar-refractivity contribution in [2.45, 2.75) is 25.7 Å². The van der Waals surface area contributed by atoms with Crippen LogP contribution in [0.1, 0.15) is 40.5 Å². The van der Waals surface area contributed by atoms with E-state index in [0.29, 0.717) is 12.1 Å². The molecule has 0 saturated carbocycles. The number of tetrazole rings is 1. The Labute approximate surface area is 123 Å². The molecule has 1 fully saturated rings. The topological polar surface area (TPSA) is 76.8 Å². The highest BCUT2D eigenvalue weighted by Gasteiger charge is 2.28. The van der Waals surface area contributed by atoms with Gasteiger partial charge in [0.25, 0.3) is 5.91 Å². The smallest absolute Gasteiger partial charge is 0.255 e. The van der Waals surface area contributed by atoms with Crippen LogP contribution in [0.15, 0.2) is 18.5 Å². The van der Waals surface area contributed by atoms with Crippen molar-refractivity contribution in [1.29, 1.82) is 0 Å². The van der Waals surface area contributed by atoms with Crippen LogP contribution in [-0.4, -0.2) is 49.1 Å². The normalized spacial score (nSPS) is 18.8. The number of piperidine rings is 1. The van der Waals surface area contributed by atoms with Crippen molar-refractivity contribution in [3.63, 3.8) is 0 Å². The van der Waals surface area contributed by atoms with Gasteiger partial charge in [0.1, 0.15) is 0 Å². The van der Waals surface area contributed by atoms with Crippen molar-refractivity contribution in [1.82, 2.24) is 30.1 Å². The molecule has 0 aromatic carbocycles. The molecule has 1 amide bonds. The average Bonchev–Trinajstić information content (AvgIpc) is 2.93. The van der Waals surface area contributed by atoms with Gasteiger partial charge in [-0.2, -0.15) is 0 Å². The summed E-state index contributed by atoms with van der Waals surface area (Å²) in [5, 5.41) is 11.6. The maximum absolute atomic E-state index is 12.6. The van der Waals surface area contributed by atoms with E-state index in [4.69, 9.17) is 0 Å². The third-order valence-electron chi connectivity index (χ3n) is 4.00. The molecule has 0 N–H and O–H groups in total. The molecule has 1 saturated heterocycles. The Morgan fingerprint density at radius 3 is 3.00 bits per heavy atom. The number of likely N-dealkylation sites (tertiary alicyclic amines) is 1. The molecule has 21 heavy (non-hydrogen) atoms. The number of hydrogen-bond acceptors (Lipinski definition) is 5. The zero-order valence-corrected chi connectivity index (χ0v) is 12.2. The Kier molecular flexibility index (Phi) is 3.64. The largest absolute Gasteiger partial charge is 0.338 e. The van der Waals surface area contributed by atoms with Gasteiger partial charge in [-0.25, -0.2) is 4.68 Å². The molecule has 0 bridgehead atoms. The van der Waals surface area contributed by atoms with E-state index in [0.717, 1.165) is 30.8 Å². The predicted octanol–water partition coefficient (Wildman–Crippen LogP) is 0.933. The van der Waals surface area contributed by atoms with Gasteiger partial charge in [0, 0.05) is 38.4 Å². The Balaban J connectivity index is 1.79. The fourth-order valence-corrected chi connectivity index (χ4v) is 2.81. The van der Waals surface area contributed by atoms with Crippen LogP contribution < -0.4 is 0 Å². The SMILES string of the molecule is Cc1ccncc1C(=O)N1CCCC(c2nnnn2C)C1. The second kappa shape index (κ2) is 5.59. The van der Waals surface area contributed by atoms with Crippen molar-refractivity contribution >= 4 is 5.91 Å². The van der Waals surface area contributed by atoms with Gasteiger partial charge in [-0.3, -0.25) is 9.78 Å². The van der Waals surface area contributed by atoms with Crippen LogP contribution in [0.4, 0.5) is 0 Å². The van der Waals surface area contributed by atoms with Gasteiger partial charge in [0.2, 0.25) is 0 Å². The van der Waals surface area contributed by atoms with E-state index in [1.54, 1.807) is 17.1 Å². The summed E-state index contributed by atoms with van der Waals surface area (Å²) in [5.74, 6) is 1.08. The number of amides is 1. The minimum Gasteiger partial charge on any atom is -0.338 e. The van der Waals surface area contributed by atoms with Gasteiger partial charge >= 0.3 is 0 Å². The number of nitrogens with zero attached hydrogens (tertiary/aromatic N) is 6. The summed E-state index contributed by atoms with van der Waals surface area (Å²) in [6.07, 6.45) is 5.31. The van der Waals surface area contributed by atoms with Crippen LogP contribution >= 0.6 is 0 Å². The first-order valence-electron chi connectivity index (χ1n) is 7.09. The van der Waals surface area contributed by atoms with Gasteiger partial charge in [-0.05, 0) is 41.8 Å². The van der Waals surface area contributed by atoms with E-state index in [-0.39, 0.29) is 11.8 Å². The van der Waals surface area contributed by atoms with Crippen molar-refractivity contribution in [3.8, 4) is 0 Å². The summed E-state index contributed by atoms with van der Waals surface area (Å²) >= 11 is 0. The maximum Gasteiger partial charge on any atom is 0.255 e. The van der Waals surface area contributed by atoms with Crippen molar-refractivity contribution < 1.29 is 4.79 Å². The highest BCUT2D eigenvalue weighted by Crippen LogP contribution is 2.26. The lowest BCUT2D eigenvalue weighted by molar-refractivity contribution is 0.0702. The molecular formula is C14H18N6O. The maximum atomic E-state index is 12.6. The van der Waals surface area contributed by atoms with Crippen LogP contribution in [0.25, 0.3) is 0 Å². The van der Waals surface area contributed by atoms with E-state index < -0.39 is 0 Å². The summed E-state index contributed by atoms with van der Waals surface area (Å²) in [5.41, 5.74) is 1.63. The lowest BCUT2D eigenvalue weighted by atomic mass is 9.96. The number of carbonyl (C=O) groups is 1. The lowest BCUT2D eigenvalue weighted by Crippen LogP contribution is -2.40. The van der Waals surface area contributed by atoms with E-state index in [1.807, 2.05) is 24.9 Å². The first kappa shape index (κ1) is 13.7. The Hall–Kier alpha value is -2.31. The predicted molar refractivity (Wildman–Crippen MR) is 75.7 cm³/mol. The van der Waals surface area contributed by atoms with Gasteiger partial charge < -0.3 is 4.90 Å². The van der Waals surface area contributed by atoms with Crippen LogP contribution in [0.2, 0.25) is 0 Å². The van der Waals surface area contributed by atoms with E-state index in [2.05, 4.69) is 20.5 Å². The van der Waals surface area contributed by atoms with Crippen LogP contribution in [0.3, 0.4) is 0 Å². The molecule has 1 aliphatic heterocycles. The molecule has 1 aliphatic rings. The average molecular weight is 286 g/mol. The summed E-state index contributed by atoms with van der Waals surface area (Å²) in [6.45, 7) is 3.36. The van der Waals surface area contributed by atoms with E-state index >= 15 is 0 Å². The minimum atomic E-state index is 0.0421. The Bertz CT molecular complexity index is 652. The molecule has 110 valence electrons. The molecule has 7 nitrogen and oxygen atoms in total. The first-order chi connectivity index (χ1) is 10.2. The fraction of sp³-hybridized carbons (Fsp3) is 0.500. The second-order valence-electron chi connectivity index (χ2n) is 5.44. The van der Waals surface area contributed by atoms with Gasteiger partial charge in [-0.1, -0.05) is 0 Å². The molecule has 0 spiro atoms. The molecule has 0 radical (unpaired) electrons. The Morgan fingerprint density at radius 1 is 1.43 bits per heavy atom. The number of pyridine rings is 1. The number of hydrogen-bond donors (Lipinski definition) is 0. The summed E-state index contributed by atoms with van der Waals surface area (Å²) in [6, 6.07) is 1.86. The van der Waals surface area contributed by atoms with Crippen LogP contribution in [-0.2, 0) is 7.05 Å². The van der Waals surface area contributed by atoms with Gasteiger partial charge in [-0.15, -0.1) is 5.10 Å². The number of aryl methyl sites for hydroxylation is 2. The standard InChI is InChI=1S/C14H18N6O/c1-10-5-6-15-8-12(10)14(21)20-7-3-4-11(9-20)13-16-17-18-19(13)2/h5-6,8,11H,3-4,7,9H2,1-2H3. The molecule has 7 heteroatoms. The summed E-state index contributed by atoms with van der Waals surface area (Å²) in [7, 11) is 1.83. The van der Waals surface area contributed by atoms with Crippen LogP contribution in [0.5, 0.6) is 0 Å². The van der Waals surface area contributed by atoms with Crippen LogP contribution in [0, 0.1) is 6.92 Å².